The molecule has 0 aromatic heterocycles. The van der Waals surface area contributed by atoms with Crippen LogP contribution in [0.4, 0.5) is 0 Å². The van der Waals surface area contributed by atoms with Crippen LogP contribution in [0.2, 0.25) is 0 Å². The molecular weight excluding hydrogens is 1540 g/mol. The summed E-state index contributed by atoms with van der Waals surface area (Å²) in [5, 5.41) is 0. The fourth-order valence-corrected chi connectivity index (χ4v) is 0. The Morgan fingerprint density at radius 2 is 0.132 bits per heavy atom. The third-order valence-corrected chi connectivity index (χ3v) is 0. The SMILES string of the molecule is CC(C)(C)[NH3+].CC(C)(C)[NH3+].CC(C)(C)[NH3+].CC(C)(C)[NH3+].CC(C)(C)[NH3+].CC(C)(C)[NH3+].O.O.O.O.O.O.O.[Mo].[Mo].[Mo].[Mo].[Mo].[Mo].[Mo].[O-2].[O-2].[O-2].[O-2].[O-2].[O-2].[O-2].[O-2].[O-2].[O-2].[O-2].[O-2].[O-2].[O-2].[O-2].[O-2].[O-2].[O-2].[O-2].[O-2].[O-2].[O-2].[O-2].[O-2]. The zero-order chi connectivity index (χ0) is 27.0. The molecule has 0 saturated heterocycles. The van der Waals surface area contributed by atoms with E-state index in [-0.39, 0.29) is 350 Å². The van der Waals surface area contributed by atoms with E-state index in [0.29, 0.717) is 0 Å². The summed E-state index contributed by atoms with van der Waals surface area (Å²) >= 11 is 0. The van der Waals surface area contributed by atoms with Gasteiger partial charge < -0.3 is 204 Å². The quantitative estimate of drug-likeness (QED) is 0.123. The average molecular weight is 1630 g/mol. The van der Waals surface area contributed by atoms with Gasteiger partial charge in [0.05, 0.1) is 33.2 Å². The second-order valence-corrected chi connectivity index (χ2v) is 15.4. The van der Waals surface area contributed by atoms with Crippen molar-refractivity contribution in [1.82, 2.24) is 0 Å². The number of hydrogen-bond donors (Lipinski definition) is 6. The maximum atomic E-state index is 3.77. The maximum absolute atomic E-state index is 3.77. The normalized spacial score (nSPS) is 5.29. The Hall–Kier alpha value is 3.34. The second kappa shape index (κ2) is 219. The molecule has 0 aromatic rings. The summed E-state index contributed by atoms with van der Waals surface area (Å²) < 4.78 is 0. The van der Waals surface area contributed by atoms with E-state index in [1.807, 2.05) is 0 Å². The van der Waals surface area contributed by atoms with Crippen molar-refractivity contribution in [3.8, 4) is 0 Å². The van der Waals surface area contributed by atoms with E-state index in [4.69, 9.17) is 0 Å². The fourth-order valence-electron chi connectivity index (χ4n) is 0. The molecule has 0 spiro atoms. The standard InChI is InChI=1S/6C4H11N.7Mo.7H2O.24O/c6*1-4(2,3)5;;;;;;;;;;;;;;;;;;;;;;;;;;;;;;;;;;;;;;/h6*5H2,1-3H3;;;;;;;;7*1H2;;;;;;;;;;;;;;;;;;;;;;;;/q;;;;;;;;;;;;;;;;;;;;24*-2/p+6. The molecule has 0 aliphatic rings. The summed E-state index contributed by atoms with van der Waals surface area (Å²) in [6.07, 6.45) is 0. The minimum absolute atomic E-state index is 0. The molecule has 0 fully saturated rings. The van der Waals surface area contributed by atoms with Crippen LogP contribution in [-0.2, 0) is 279 Å². The van der Waals surface area contributed by atoms with Gasteiger partial charge >= 0.3 is 0 Å². The van der Waals surface area contributed by atoms with E-state index in [1.165, 1.54) is 0 Å². The van der Waals surface area contributed by atoms with Crippen molar-refractivity contribution in [1.29, 1.82) is 0 Å². The molecule has 0 bridgehead atoms. The molecule has 68 heavy (non-hydrogen) atoms. The maximum Gasteiger partial charge on any atom is 0.0860 e. The van der Waals surface area contributed by atoms with Crippen molar-refractivity contribution in [2.45, 2.75) is 158 Å². The Bertz CT molecular complexity index is 301. The predicted molar refractivity (Wildman–Crippen MR) is 178 cm³/mol. The molecular formula is C24H86Mo7N6O31-42. The first-order valence-electron chi connectivity index (χ1n) is 11.1. The van der Waals surface area contributed by atoms with Crippen LogP contribution in [0.15, 0.2) is 0 Å². The smallest absolute Gasteiger partial charge is 0.0860 e. The third-order valence-electron chi connectivity index (χ3n) is 0. The molecule has 32 N–H and O–H groups in total. The van der Waals surface area contributed by atoms with Gasteiger partial charge in [-0.05, 0) is 125 Å². The van der Waals surface area contributed by atoms with Gasteiger partial charge in [0, 0.05) is 147 Å². The summed E-state index contributed by atoms with van der Waals surface area (Å²) in [4.78, 5) is 0. The molecule has 37 nitrogen and oxygen atoms in total. The van der Waals surface area contributed by atoms with Gasteiger partial charge in [-0.25, -0.2) is 0 Å². The topological polar surface area (TPSA) is 1070 Å². The van der Waals surface area contributed by atoms with Crippen LogP contribution in [0.1, 0.15) is 125 Å². The van der Waals surface area contributed by atoms with E-state index < -0.39 is 0 Å². The van der Waals surface area contributed by atoms with Crippen molar-refractivity contribution >= 4 is 0 Å². The molecule has 0 atom stereocenters. The molecule has 0 saturated carbocycles. The van der Waals surface area contributed by atoms with Crippen molar-refractivity contribution < 1.29 is 352 Å². The van der Waals surface area contributed by atoms with E-state index in [2.05, 4.69) is 159 Å². The minimum Gasteiger partial charge on any atom is -2.00 e. The van der Waals surface area contributed by atoms with Crippen molar-refractivity contribution in [2.75, 3.05) is 0 Å². The summed E-state index contributed by atoms with van der Waals surface area (Å²) in [5.41, 5.74) is 24.1. The molecule has 0 unspecified atom stereocenters. The summed E-state index contributed by atoms with van der Waals surface area (Å²) in [6.45, 7) is 37.4. The first-order chi connectivity index (χ1) is 12.0. The molecule has 0 amide bonds. The van der Waals surface area contributed by atoms with Gasteiger partial charge in [-0.15, -0.1) is 0 Å². The first kappa shape index (κ1) is 472. The molecule has 44 heteroatoms. The van der Waals surface area contributed by atoms with Crippen LogP contribution < -0.4 is 34.4 Å². The first-order valence-corrected chi connectivity index (χ1v) is 11.1. The molecule has 0 aliphatic carbocycles. The molecule has 0 aromatic carbocycles. The number of rotatable bonds is 0. The Balaban J connectivity index is -0.00000000218. The monoisotopic (exact) mass is 1640 g/mol. The Morgan fingerprint density at radius 1 is 0.132 bits per heavy atom. The zero-order valence-electron chi connectivity index (χ0n) is 41.4. The van der Waals surface area contributed by atoms with Crippen LogP contribution in [0.5, 0.6) is 0 Å². The second-order valence-electron chi connectivity index (χ2n) is 15.4. The van der Waals surface area contributed by atoms with Gasteiger partial charge in [-0.2, -0.15) is 0 Å². The van der Waals surface area contributed by atoms with E-state index in [9.17, 15) is 0 Å². The Kier molecular flexibility index (Phi) is 1520. The van der Waals surface area contributed by atoms with Crippen molar-refractivity contribution in [2.24, 2.45) is 0 Å². The molecule has 0 rings (SSSR count). The largest absolute Gasteiger partial charge is 2.00 e. The minimum atomic E-state index is 0. The van der Waals surface area contributed by atoms with Gasteiger partial charge in [-0.1, -0.05) is 0 Å². The molecule has 0 radical (unpaired) electrons. The van der Waals surface area contributed by atoms with Gasteiger partial charge in [-0.3, -0.25) is 0 Å². The Morgan fingerprint density at radius 3 is 0.132 bits per heavy atom. The van der Waals surface area contributed by atoms with Gasteiger partial charge in [0.1, 0.15) is 0 Å². The van der Waals surface area contributed by atoms with Crippen LogP contribution >= 0.6 is 0 Å². The van der Waals surface area contributed by atoms with Crippen LogP contribution in [-0.4, -0.2) is 71.6 Å². The van der Waals surface area contributed by atoms with Gasteiger partial charge in [0.15, 0.2) is 0 Å². The number of hydrogen-bond acceptors (Lipinski definition) is 0. The van der Waals surface area contributed by atoms with E-state index >= 15 is 0 Å². The number of quaternary nitrogens is 6. The zero-order valence-corrected chi connectivity index (χ0v) is 55.4. The van der Waals surface area contributed by atoms with Gasteiger partial charge in [0.25, 0.3) is 0 Å². The predicted octanol–water partition coefficient (Wildman–Crippen LogP) is -8.48. The Labute approximate surface area is 505 Å². The average Bonchev–Trinajstić information content (AvgIpc) is 1.94. The molecule has 0 heterocycles. The van der Waals surface area contributed by atoms with Crippen molar-refractivity contribution in [3.63, 3.8) is 0 Å². The molecule has 482 valence electrons. The van der Waals surface area contributed by atoms with E-state index in [0.717, 1.165) is 0 Å². The summed E-state index contributed by atoms with van der Waals surface area (Å²) in [6, 6.07) is 0. The van der Waals surface area contributed by atoms with Crippen LogP contribution in [0.25, 0.3) is 0 Å². The van der Waals surface area contributed by atoms with Crippen LogP contribution in [0, 0.1) is 0 Å². The molecule has 0 aliphatic heterocycles. The van der Waals surface area contributed by atoms with Crippen molar-refractivity contribution in [3.05, 3.63) is 0 Å². The van der Waals surface area contributed by atoms with Gasteiger partial charge in [0.2, 0.25) is 0 Å². The third kappa shape index (κ3) is 29100. The van der Waals surface area contributed by atoms with Crippen LogP contribution in [0.3, 0.4) is 0 Å². The summed E-state index contributed by atoms with van der Waals surface area (Å²) in [5.74, 6) is 0. The summed E-state index contributed by atoms with van der Waals surface area (Å²) in [7, 11) is 0. The van der Waals surface area contributed by atoms with E-state index in [1.54, 1.807) is 0 Å². The fraction of sp³-hybridized carbons (Fsp3) is 1.00.